The molecule has 2 unspecified atom stereocenters. The van der Waals surface area contributed by atoms with Gasteiger partial charge in [-0.25, -0.2) is 0 Å². The molecular formula is C11H23N3O. The SMILES string of the molecule is CCCN1C(=O)C(CNC)N(C)CC1C. The summed E-state index contributed by atoms with van der Waals surface area (Å²) in [6.07, 6.45) is 1.03. The van der Waals surface area contributed by atoms with E-state index in [9.17, 15) is 4.79 Å². The van der Waals surface area contributed by atoms with Gasteiger partial charge in [0.05, 0.1) is 0 Å². The molecule has 1 saturated heterocycles. The van der Waals surface area contributed by atoms with Gasteiger partial charge in [0, 0.05) is 25.7 Å². The zero-order valence-corrected chi connectivity index (χ0v) is 10.3. The Bertz CT molecular complexity index is 200. The number of hydrogen-bond acceptors (Lipinski definition) is 3. The van der Waals surface area contributed by atoms with Crippen LogP contribution in [0, 0.1) is 0 Å². The summed E-state index contributed by atoms with van der Waals surface area (Å²) >= 11 is 0. The van der Waals surface area contributed by atoms with Crippen molar-refractivity contribution in [2.45, 2.75) is 32.4 Å². The van der Waals surface area contributed by atoms with Crippen molar-refractivity contribution in [2.24, 2.45) is 0 Å². The number of hydrogen-bond donors (Lipinski definition) is 1. The number of nitrogens with zero attached hydrogens (tertiary/aromatic N) is 2. The molecule has 88 valence electrons. The Balaban J connectivity index is 2.70. The van der Waals surface area contributed by atoms with E-state index in [1.54, 1.807) is 0 Å². The molecule has 4 heteroatoms. The van der Waals surface area contributed by atoms with E-state index in [1.165, 1.54) is 0 Å². The van der Waals surface area contributed by atoms with E-state index in [-0.39, 0.29) is 11.9 Å². The van der Waals surface area contributed by atoms with Crippen LogP contribution < -0.4 is 5.32 Å². The fourth-order valence-electron chi connectivity index (χ4n) is 2.25. The Morgan fingerprint density at radius 2 is 2.20 bits per heavy atom. The molecule has 0 spiro atoms. The molecule has 1 amide bonds. The smallest absolute Gasteiger partial charge is 0.241 e. The van der Waals surface area contributed by atoms with E-state index in [0.29, 0.717) is 6.04 Å². The van der Waals surface area contributed by atoms with Gasteiger partial charge in [0.1, 0.15) is 6.04 Å². The first-order valence-corrected chi connectivity index (χ1v) is 5.77. The highest BCUT2D eigenvalue weighted by atomic mass is 16.2. The normalized spacial score (nSPS) is 28.5. The monoisotopic (exact) mass is 213 g/mol. The number of carbonyl (C=O) groups is 1. The average Bonchev–Trinajstić information content (AvgIpc) is 2.19. The lowest BCUT2D eigenvalue weighted by atomic mass is 10.1. The topological polar surface area (TPSA) is 35.6 Å². The molecule has 2 atom stereocenters. The van der Waals surface area contributed by atoms with Gasteiger partial charge in [0.15, 0.2) is 0 Å². The van der Waals surface area contributed by atoms with Crippen LogP contribution in [0.25, 0.3) is 0 Å². The molecule has 1 aliphatic rings. The second-order valence-corrected chi connectivity index (χ2v) is 4.39. The lowest BCUT2D eigenvalue weighted by molar-refractivity contribution is -0.144. The summed E-state index contributed by atoms with van der Waals surface area (Å²) in [6, 6.07) is 0.355. The minimum absolute atomic E-state index is 0.0118. The van der Waals surface area contributed by atoms with Gasteiger partial charge in [-0.15, -0.1) is 0 Å². The fraction of sp³-hybridized carbons (Fsp3) is 0.909. The molecule has 0 radical (unpaired) electrons. The summed E-state index contributed by atoms with van der Waals surface area (Å²) in [5.41, 5.74) is 0. The molecular weight excluding hydrogens is 190 g/mol. The first-order valence-electron chi connectivity index (χ1n) is 5.77. The van der Waals surface area contributed by atoms with Crippen LogP contribution in [0.3, 0.4) is 0 Å². The molecule has 4 nitrogen and oxygen atoms in total. The quantitative estimate of drug-likeness (QED) is 0.722. The molecule has 1 heterocycles. The van der Waals surface area contributed by atoms with Crippen molar-refractivity contribution in [3.05, 3.63) is 0 Å². The molecule has 0 bridgehead atoms. The second-order valence-electron chi connectivity index (χ2n) is 4.39. The van der Waals surface area contributed by atoms with E-state index in [4.69, 9.17) is 0 Å². The van der Waals surface area contributed by atoms with Crippen LogP contribution in [-0.4, -0.2) is 61.5 Å². The maximum Gasteiger partial charge on any atom is 0.241 e. The van der Waals surface area contributed by atoms with Gasteiger partial charge in [0.25, 0.3) is 0 Å². The van der Waals surface area contributed by atoms with Gasteiger partial charge in [0.2, 0.25) is 5.91 Å². The first-order chi connectivity index (χ1) is 7.11. The summed E-state index contributed by atoms with van der Waals surface area (Å²) in [5, 5.41) is 3.09. The molecule has 0 aliphatic carbocycles. The molecule has 1 N–H and O–H groups in total. The predicted octanol–water partition coefficient (Wildman–Crippen LogP) is 0.147. The fourth-order valence-corrected chi connectivity index (χ4v) is 2.25. The third kappa shape index (κ3) is 2.69. The summed E-state index contributed by atoms with van der Waals surface area (Å²) in [7, 11) is 3.92. The number of likely N-dealkylation sites (N-methyl/N-ethyl adjacent to an activating group) is 2. The van der Waals surface area contributed by atoms with E-state index in [0.717, 1.165) is 26.1 Å². The van der Waals surface area contributed by atoms with E-state index in [1.807, 2.05) is 19.0 Å². The number of piperazine rings is 1. The van der Waals surface area contributed by atoms with Crippen LogP contribution in [-0.2, 0) is 4.79 Å². The zero-order chi connectivity index (χ0) is 11.4. The van der Waals surface area contributed by atoms with Crippen molar-refractivity contribution in [2.75, 3.05) is 33.7 Å². The van der Waals surface area contributed by atoms with Crippen molar-refractivity contribution in [3.63, 3.8) is 0 Å². The highest BCUT2D eigenvalue weighted by molar-refractivity contribution is 5.83. The van der Waals surface area contributed by atoms with Gasteiger partial charge >= 0.3 is 0 Å². The average molecular weight is 213 g/mol. The van der Waals surface area contributed by atoms with Gasteiger partial charge in [-0.1, -0.05) is 6.92 Å². The van der Waals surface area contributed by atoms with Crippen LogP contribution in [0.4, 0.5) is 0 Å². The Morgan fingerprint density at radius 3 is 2.73 bits per heavy atom. The first kappa shape index (κ1) is 12.5. The second kappa shape index (κ2) is 5.47. The standard InChI is InChI=1S/C11H23N3O/c1-5-6-14-9(2)8-13(4)10(7-12-3)11(14)15/h9-10,12H,5-8H2,1-4H3. The maximum atomic E-state index is 12.2. The summed E-state index contributed by atoms with van der Waals surface area (Å²) < 4.78 is 0. The van der Waals surface area contributed by atoms with Crippen LogP contribution in [0.15, 0.2) is 0 Å². The largest absolute Gasteiger partial charge is 0.337 e. The van der Waals surface area contributed by atoms with Gasteiger partial charge in [-0.05, 0) is 27.4 Å². The minimum atomic E-state index is 0.0118. The maximum absolute atomic E-state index is 12.2. The van der Waals surface area contributed by atoms with Gasteiger partial charge in [-0.3, -0.25) is 9.69 Å². The Kier molecular flexibility index (Phi) is 4.54. The highest BCUT2D eigenvalue weighted by Crippen LogP contribution is 2.15. The van der Waals surface area contributed by atoms with Crippen LogP contribution >= 0.6 is 0 Å². The van der Waals surface area contributed by atoms with Crippen molar-refractivity contribution in [3.8, 4) is 0 Å². The number of nitrogens with one attached hydrogen (secondary N) is 1. The molecule has 1 rings (SSSR count). The molecule has 1 aliphatic heterocycles. The van der Waals surface area contributed by atoms with Crippen LogP contribution in [0.5, 0.6) is 0 Å². The molecule has 15 heavy (non-hydrogen) atoms. The molecule has 1 fully saturated rings. The van der Waals surface area contributed by atoms with Crippen LogP contribution in [0.1, 0.15) is 20.3 Å². The van der Waals surface area contributed by atoms with E-state index < -0.39 is 0 Å². The third-order valence-corrected chi connectivity index (χ3v) is 3.05. The van der Waals surface area contributed by atoms with Gasteiger partial charge < -0.3 is 10.2 Å². The van der Waals surface area contributed by atoms with Crippen LogP contribution in [0.2, 0.25) is 0 Å². The lowest BCUT2D eigenvalue weighted by Gasteiger charge is -2.43. The molecule has 0 aromatic rings. The highest BCUT2D eigenvalue weighted by Gasteiger charge is 2.35. The number of amides is 1. The molecule has 0 aromatic heterocycles. The molecule has 0 saturated carbocycles. The summed E-state index contributed by atoms with van der Waals surface area (Å²) in [5.74, 6) is 0.271. The zero-order valence-electron chi connectivity index (χ0n) is 10.3. The Morgan fingerprint density at radius 1 is 1.53 bits per heavy atom. The minimum Gasteiger partial charge on any atom is -0.337 e. The van der Waals surface area contributed by atoms with Crippen molar-refractivity contribution in [1.29, 1.82) is 0 Å². The van der Waals surface area contributed by atoms with Crippen molar-refractivity contribution >= 4 is 5.91 Å². The van der Waals surface area contributed by atoms with E-state index in [2.05, 4.69) is 24.1 Å². The Hall–Kier alpha value is -0.610. The van der Waals surface area contributed by atoms with Crippen molar-refractivity contribution < 1.29 is 4.79 Å². The van der Waals surface area contributed by atoms with E-state index >= 15 is 0 Å². The summed E-state index contributed by atoms with van der Waals surface area (Å²) in [4.78, 5) is 16.3. The molecule has 0 aromatic carbocycles. The van der Waals surface area contributed by atoms with Gasteiger partial charge in [-0.2, -0.15) is 0 Å². The lowest BCUT2D eigenvalue weighted by Crippen LogP contribution is -2.62. The summed E-state index contributed by atoms with van der Waals surface area (Å²) in [6.45, 7) is 6.83. The van der Waals surface area contributed by atoms with Crippen molar-refractivity contribution in [1.82, 2.24) is 15.1 Å². The Labute approximate surface area is 92.6 Å². The predicted molar refractivity (Wildman–Crippen MR) is 61.8 cm³/mol. The third-order valence-electron chi connectivity index (χ3n) is 3.05. The number of rotatable bonds is 4. The number of carbonyl (C=O) groups excluding carboxylic acids is 1.